The fourth-order valence-electron chi connectivity index (χ4n) is 2.43. The summed E-state index contributed by atoms with van der Waals surface area (Å²) in [7, 11) is 0. The Morgan fingerprint density at radius 3 is 2.73 bits per heavy atom. The first-order valence-electron chi connectivity index (χ1n) is 5.86. The normalized spacial score (nSPS) is 25.4. The zero-order chi connectivity index (χ0) is 11.1. The summed E-state index contributed by atoms with van der Waals surface area (Å²) in [5, 5.41) is 10.3. The lowest BCUT2D eigenvalue weighted by atomic mass is 9.79. The monoisotopic (exact) mass is 204 g/mol. The SMILES string of the molecule is CC(C)c1ccc2c(c1)C(C)(O)CCC2. The number of rotatable bonds is 1. The summed E-state index contributed by atoms with van der Waals surface area (Å²) in [6.07, 6.45) is 3.10. The molecule has 1 N–H and O–H groups in total. The molecule has 1 aromatic rings. The Morgan fingerprint density at radius 1 is 1.33 bits per heavy atom. The highest BCUT2D eigenvalue weighted by atomic mass is 16.3. The molecule has 0 spiro atoms. The number of benzene rings is 1. The van der Waals surface area contributed by atoms with Crippen molar-refractivity contribution in [1.82, 2.24) is 0 Å². The fraction of sp³-hybridized carbons (Fsp3) is 0.571. The molecule has 0 amide bonds. The van der Waals surface area contributed by atoms with E-state index in [0.29, 0.717) is 5.92 Å². The van der Waals surface area contributed by atoms with Crippen LogP contribution in [0.3, 0.4) is 0 Å². The molecule has 0 bridgehead atoms. The average molecular weight is 204 g/mol. The molecule has 15 heavy (non-hydrogen) atoms. The summed E-state index contributed by atoms with van der Waals surface area (Å²) in [6.45, 7) is 6.33. The maximum Gasteiger partial charge on any atom is 0.0871 e. The average Bonchev–Trinajstić information content (AvgIpc) is 2.17. The molecule has 0 heterocycles. The van der Waals surface area contributed by atoms with Crippen LogP contribution in [0.4, 0.5) is 0 Å². The standard InChI is InChI=1S/C14H20O/c1-10(2)12-7-6-11-5-4-8-14(3,15)13(11)9-12/h6-7,9-10,15H,4-5,8H2,1-3H3. The lowest BCUT2D eigenvalue weighted by Crippen LogP contribution is -2.27. The van der Waals surface area contributed by atoms with E-state index in [2.05, 4.69) is 32.0 Å². The lowest BCUT2D eigenvalue weighted by molar-refractivity contribution is 0.0386. The topological polar surface area (TPSA) is 20.2 Å². The van der Waals surface area contributed by atoms with Crippen LogP contribution in [-0.2, 0) is 12.0 Å². The van der Waals surface area contributed by atoms with Gasteiger partial charge in [0, 0.05) is 0 Å². The molecule has 1 heteroatoms. The molecular formula is C14H20O. The van der Waals surface area contributed by atoms with E-state index in [1.54, 1.807) is 0 Å². The van der Waals surface area contributed by atoms with Crippen LogP contribution in [0.15, 0.2) is 18.2 Å². The van der Waals surface area contributed by atoms with E-state index >= 15 is 0 Å². The molecular weight excluding hydrogens is 184 g/mol. The van der Waals surface area contributed by atoms with Crippen molar-refractivity contribution in [3.8, 4) is 0 Å². The van der Waals surface area contributed by atoms with E-state index in [4.69, 9.17) is 0 Å². The Balaban J connectivity index is 2.49. The first kappa shape index (κ1) is 10.7. The van der Waals surface area contributed by atoms with Crippen molar-refractivity contribution in [2.45, 2.75) is 51.6 Å². The number of aliphatic hydroxyl groups is 1. The molecule has 1 unspecified atom stereocenters. The van der Waals surface area contributed by atoms with E-state index in [9.17, 15) is 5.11 Å². The third-order valence-corrected chi connectivity index (χ3v) is 3.49. The molecule has 82 valence electrons. The number of fused-ring (bicyclic) bond motifs is 1. The molecule has 2 rings (SSSR count). The first-order chi connectivity index (χ1) is 7.00. The van der Waals surface area contributed by atoms with Crippen molar-refractivity contribution in [3.63, 3.8) is 0 Å². The van der Waals surface area contributed by atoms with Gasteiger partial charge in [-0.25, -0.2) is 0 Å². The van der Waals surface area contributed by atoms with Crippen molar-refractivity contribution in [3.05, 3.63) is 34.9 Å². The highest BCUT2D eigenvalue weighted by molar-refractivity contribution is 5.38. The highest BCUT2D eigenvalue weighted by Crippen LogP contribution is 2.36. The zero-order valence-corrected chi connectivity index (χ0v) is 9.88. The number of hydrogen-bond acceptors (Lipinski definition) is 1. The van der Waals surface area contributed by atoms with Crippen LogP contribution in [0.2, 0.25) is 0 Å². The zero-order valence-electron chi connectivity index (χ0n) is 9.88. The van der Waals surface area contributed by atoms with E-state index in [1.165, 1.54) is 11.1 Å². The predicted molar refractivity (Wildman–Crippen MR) is 63.0 cm³/mol. The smallest absolute Gasteiger partial charge is 0.0871 e. The van der Waals surface area contributed by atoms with Gasteiger partial charge in [-0.05, 0) is 48.8 Å². The maximum atomic E-state index is 10.3. The summed E-state index contributed by atoms with van der Waals surface area (Å²) in [4.78, 5) is 0. The molecule has 1 aliphatic rings. The molecule has 0 fully saturated rings. The van der Waals surface area contributed by atoms with Gasteiger partial charge in [0.15, 0.2) is 0 Å². The summed E-state index contributed by atoms with van der Waals surface area (Å²) in [5.74, 6) is 0.535. The van der Waals surface area contributed by atoms with Gasteiger partial charge in [0.05, 0.1) is 5.60 Å². The van der Waals surface area contributed by atoms with Crippen LogP contribution in [-0.4, -0.2) is 5.11 Å². The summed E-state index contributed by atoms with van der Waals surface area (Å²) < 4.78 is 0. The van der Waals surface area contributed by atoms with Gasteiger partial charge in [0.2, 0.25) is 0 Å². The van der Waals surface area contributed by atoms with Crippen molar-refractivity contribution in [1.29, 1.82) is 0 Å². The third kappa shape index (κ3) is 1.93. The summed E-state index contributed by atoms with van der Waals surface area (Å²) >= 11 is 0. The highest BCUT2D eigenvalue weighted by Gasteiger charge is 2.29. The van der Waals surface area contributed by atoms with Crippen molar-refractivity contribution < 1.29 is 5.11 Å². The Kier molecular flexibility index (Phi) is 2.59. The molecule has 0 radical (unpaired) electrons. The van der Waals surface area contributed by atoms with Gasteiger partial charge in [-0.1, -0.05) is 32.0 Å². The first-order valence-corrected chi connectivity index (χ1v) is 5.86. The van der Waals surface area contributed by atoms with Gasteiger partial charge in [-0.3, -0.25) is 0 Å². The Labute approximate surface area is 92.1 Å². The summed E-state index contributed by atoms with van der Waals surface area (Å²) in [5.41, 5.74) is 3.20. The third-order valence-electron chi connectivity index (χ3n) is 3.49. The van der Waals surface area contributed by atoms with Gasteiger partial charge in [0.1, 0.15) is 0 Å². The van der Waals surface area contributed by atoms with Crippen molar-refractivity contribution in [2.75, 3.05) is 0 Å². The maximum absolute atomic E-state index is 10.3. The molecule has 1 aliphatic carbocycles. The predicted octanol–water partition coefficient (Wildman–Crippen LogP) is 3.35. The van der Waals surface area contributed by atoms with Gasteiger partial charge in [-0.2, -0.15) is 0 Å². The number of hydrogen-bond donors (Lipinski definition) is 1. The molecule has 1 atom stereocenters. The molecule has 1 aromatic carbocycles. The minimum absolute atomic E-state index is 0.535. The van der Waals surface area contributed by atoms with Crippen molar-refractivity contribution >= 4 is 0 Å². The van der Waals surface area contributed by atoms with E-state index in [-0.39, 0.29) is 0 Å². The van der Waals surface area contributed by atoms with Crippen LogP contribution in [0.1, 0.15) is 56.2 Å². The second-order valence-electron chi connectivity index (χ2n) is 5.20. The molecule has 0 aliphatic heterocycles. The van der Waals surface area contributed by atoms with Crippen LogP contribution in [0.25, 0.3) is 0 Å². The lowest BCUT2D eigenvalue weighted by Gasteiger charge is -2.31. The van der Waals surface area contributed by atoms with Crippen LogP contribution >= 0.6 is 0 Å². The minimum atomic E-state index is -0.613. The quantitative estimate of drug-likeness (QED) is 0.743. The van der Waals surface area contributed by atoms with E-state index < -0.39 is 5.60 Å². The second-order valence-corrected chi connectivity index (χ2v) is 5.20. The van der Waals surface area contributed by atoms with E-state index in [0.717, 1.165) is 24.8 Å². The van der Waals surface area contributed by atoms with Crippen molar-refractivity contribution in [2.24, 2.45) is 0 Å². The van der Waals surface area contributed by atoms with Crippen LogP contribution < -0.4 is 0 Å². The van der Waals surface area contributed by atoms with Gasteiger partial charge in [-0.15, -0.1) is 0 Å². The fourth-order valence-corrected chi connectivity index (χ4v) is 2.43. The molecule has 1 nitrogen and oxygen atoms in total. The van der Waals surface area contributed by atoms with Gasteiger partial charge < -0.3 is 5.11 Å². The van der Waals surface area contributed by atoms with Crippen LogP contribution in [0.5, 0.6) is 0 Å². The Hall–Kier alpha value is -0.820. The van der Waals surface area contributed by atoms with Crippen LogP contribution in [0, 0.1) is 0 Å². The molecule has 0 aromatic heterocycles. The Bertz CT molecular complexity index is 364. The summed E-state index contributed by atoms with van der Waals surface area (Å²) in [6, 6.07) is 6.59. The molecule has 0 saturated heterocycles. The largest absolute Gasteiger partial charge is 0.385 e. The minimum Gasteiger partial charge on any atom is -0.385 e. The Morgan fingerprint density at radius 2 is 2.07 bits per heavy atom. The second kappa shape index (κ2) is 3.64. The van der Waals surface area contributed by atoms with Gasteiger partial charge in [0.25, 0.3) is 0 Å². The molecule has 0 saturated carbocycles. The van der Waals surface area contributed by atoms with Gasteiger partial charge >= 0.3 is 0 Å². The van der Waals surface area contributed by atoms with E-state index in [1.807, 2.05) is 6.92 Å². The number of aryl methyl sites for hydroxylation is 1.